The minimum Gasteiger partial charge on any atom is -0.337 e. The summed E-state index contributed by atoms with van der Waals surface area (Å²) in [5, 5.41) is 4.18. The fourth-order valence-electron chi connectivity index (χ4n) is 2.84. The van der Waals surface area contributed by atoms with Gasteiger partial charge in [0, 0.05) is 17.6 Å². The van der Waals surface area contributed by atoms with Crippen molar-refractivity contribution in [2.45, 2.75) is 12.7 Å². The van der Waals surface area contributed by atoms with Gasteiger partial charge >= 0.3 is 11.9 Å². The summed E-state index contributed by atoms with van der Waals surface area (Å²) in [7, 11) is 1.22. The number of aromatic nitrogens is 5. The monoisotopic (exact) mass is 437 g/mol. The van der Waals surface area contributed by atoms with Crippen molar-refractivity contribution in [1.82, 2.24) is 24.3 Å². The lowest BCUT2D eigenvalue weighted by molar-refractivity contribution is -0.141. The largest absolute Gasteiger partial charge is 0.433 e. The molecule has 3 aromatic heterocycles. The lowest BCUT2D eigenvalue weighted by atomic mass is 10.2. The van der Waals surface area contributed by atoms with Crippen molar-refractivity contribution in [1.29, 1.82) is 0 Å². The Balaban J connectivity index is 1.76. The quantitative estimate of drug-likeness (QED) is 0.489. The van der Waals surface area contributed by atoms with Crippen LogP contribution in [0.2, 0.25) is 5.02 Å². The Morgan fingerprint density at radius 2 is 1.77 bits per heavy atom. The lowest BCUT2D eigenvalue weighted by Crippen LogP contribution is -2.39. The summed E-state index contributed by atoms with van der Waals surface area (Å²) in [6, 6.07) is 8.28. The Labute approximate surface area is 170 Å². The second-order valence-electron chi connectivity index (χ2n) is 6.32. The van der Waals surface area contributed by atoms with Crippen molar-refractivity contribution >= 4 is 22.6 Å². The van der Waals surface area contributed by atoms with Crippen LogP contribution >= 0.6 is 11.6 Å². The molecular weight excluding hydrogens is 427 g/mol. The van der Waals surface area contributed by atoms with Gasteiger partial charge in [0.2, 0.25) is 11.7 Å². The minimum absolute atomic E-state index is 0.0293. The van der Waals surface area contributed by atoms with Gasteiger partial charge in [0.25, 0.3) is 5.56 Å². The number of nitrogens with zero attached hydrogens (tertiary/aromatic N) is 5. The molecule has 0 aliphatic rings. The molecule has 154 valence electrons. The molecule has 0 saturated heterocycles. The van der Waals surface area contributed by atoms with Gasteiger partial charge in [-0.2, -0.15) is 18.2 Å². The van der Waals surface area contributed by atoms with Crippen LogP contribution in [-0.4, -0.2) is 24.3 Å². The summed E-state index contributed by atoms with van der Waals surface area (Å²) in [5.74, 6) is 0.196. The fraction of sp³-hybridized carbons (Fsp3) is 0.167. The Morgan fingerprint density at radius 3 is 2.43 bits per heavy atom. The van der Waals surface area contributed by atoms with Crippen molar-refractivity contribution in [3.63, 3.8) is 0 Å². The van der Waals surface area contributed by atoms with E-state index >= 15 is 0 Å². The maximum atomic E-state index is 12.9. The van der Waals surface area contributed by atoms with E-state index in [-0.39, 0.29) is 29.3 Å². The lowest BCUT2D eigenvalue weighted by Gasteiger charge is -2.11. The number of alkyl halides is 3. The molecule has 0 aliphatic carbocycles. The molecule has 0 amide bonds. The highest BCUT2D eigenvalue weighted by Gasteiger charge is 2.33. The van der Waals surface area contributed by atoms with Crippen LogP contribution in [0.5, 0.6) is 0 Å². The number of halogens is 4. The van der Waals surface area contributed by atoms with Gasteiger partial charge in [0.15, 0.2) is 0 Å². The number of aryl methyl sites for hydroxylation is 1. The van der Waals surface area contributed by atoms with Crippen LogP contribution in [0.4, 0.5) is 13.2 Å². The highest BCUT2D eigenvalue weighted by atomic mass is 35.5. The van der Waals surface area contributed by atoms with E-state index < -0.39 is 23.1 Å². The number of benzene rings is 1. The van der Waals surface area contributed by atoms with Gasteiger partial charge < -0.3 is 4.52 Å². The second kappa shape index (κ2) is 7.10. The molecule has 1 aromatic carbocycles. The summed E-state index contributed by atoms with van der Waals surface area (Å²) in [4.78, 5) is 32.9. The summed E-state index contributed by atoms with van der Waals surface area (Å²) >= 11 is 5.84. The van der Waals surface area contributed by atoms with Gasteiger partial charge in [0.1, 0.15) is 17.9 Å². The molecule has 4 rings (SSSR count). The van der Waals surface area contributed by atoms with Crippen molar-refractivity contribution in [2.24, 2.45) is 7.05 Å². The van der Waals surface area contributed by atoms with Crippen molar-refractivity contribution < 1.29 is 17.7 Å². The molecule has 30 heavy (non-hydrogen) atoms. The molecule has 0 radical (unpaired) electrons. The minimum atomic E-state index is -4.71. The third-order valence-corrected chi connectivity index (χ3v) is 4.59. The zero-order chi connectivity index (χ0) is 21.6. The zero-order valence-corrected chi connectivity index (χ0v) is 15.9. The summed E-state index contributed by atoms with van der Waals surface area (Å²) in [5.41, 5.74) is -2.65. The van der Waals surface area contributed by atoms with Crippen molar-refractivity contribution in [3.05, 3.63) is 73.8 Å². The SMILES string of the molecule is Cn1c(=O)n(Cc2nc(-c3ccc(Cl)cc3)no2)c(=O)c2ccc(C(F)(F)F)nc21. The highest BCUT2D eigenvalue weighted by molar-refractivity contribution is 6.30. The summed E-state index contributed by atoms with van der Waals surface area (Å²) in [6.07, 6.45) is -4.71. The number of pyridine rings is 1. The Morgan fingerprint density at radius 1 is 1.07 bits per heavy atom. The van der Waals surface area contributed by atoms with Gasteiger partial charge in [-0.1, -0.05) is 16.8 Å². The molecular formula is C18H11ClF3N5O3. The fourth-order valence-corrected chi connectivity index (χ4v) is 2.97. The predicted molar refractivity (Wildman–Crippen MR) is 100 cm³/mol. The van der Waals surface area contributed by atoms with Crippen LogP contribution in [0.25, 0.3) is 22.4 Å². The molecule has 0 aliphatic heterocycles. The third kappa shape index (κ3) is 3.47. The highest BCUT2D eigenvalue weighted by Crippen LogP contribution is 2.28. The van der Waals surface area contributed by atoms with Crippen molar-refractivity contribution in [2.75, 3.05) is 0 Å². The van der Waals surface area contributed by atoms with Crippen LogP contribution in [0.3, 0.4) is 0 Å². The van der Waals surface area contributed by atoms with Gasteiger partial charge in [0.05, 0.1) is 5.39 Å². The van der Waals surface area contributed by atoms with E-state index in [9.17, 15) is 22.8 Å². The molecule has 3 heterocycles. The topological polar surface area (TPSA) is 95.8 Å². The average molecular weight is 438 g/mol. The Hall–Kier alpha value is -3.47. The van der Waals surface area contributed by atoms with Crippen LogP contribution in [0.1, 0.15) is 11.6 Å². The van der Waals surface area contributed by atoms with E-state index in [1.807, 2.05) is 0 Å². The van der Waals surface area contributed by atoms with Gasteiger partial charge in [-0.3, -0.25) is 13.9 Å². The van der Waals surface area contributed by atoms with Gasteiger partial charge in [-0.05, 0) is 36.4 Å². The van der Waals surface area contributed by atoms with E-state index in [0.717, 1.165) is 15.2 Å². The molecule has 0 spiro atoms. The first-order chi connectivity index (χ1) is 14.1. The number of rotatable bonds is 3. The maximum Gasteiger partial charge on any atom is 0.433 e. The molecule has 8 nitrogen and oxygen atoms in total. The molecule has 0 N–H and O–H groups in total. The van der Waals surface area contributed by atoms with Crippen LogP contribution in [-0.2, 0) is 19.8 Å². The molecule has 0 atom stereocenters. The summed E-state index contributed by atoms with van der Waals surface area (Å²) in [6.45, 7) is -0.358. The Bertz CT molecular complexity index is 1370. The average Bonchev–Trinajstić information content (AvgIpc) is 3.17. The van der Waals surface area contributed by atoms with E-state index in [1.54, 1.807) is 24.3 Å². The first-order valence-electron chi connectivity index (χ1n) is 8.41. The van der Waals surface area contributed by atoms with E-state index in [4.69, 9.17) is 16.1 Å². The molecule has 12 heteroatoms. The Kier molecular flexibility index (Phi) is 4.69. The number of hydrogen-bond donors (Lipinski definition) is 0. The summed E-state index contributed by atoms with van der Waals surface area (Å²) < 4.78 is 45.5. The molecule has 0 fully saturated rings. The first kappa shape index (κ1) is 19.8. The normalized spacial score (nSPS) is 11.9. The standard InChI is InChI=1S/C18H11ClF3N5O3/c1-26-15-11(6-7-12(23-15)18(20,21)22)16(28)27(17(26)29)8-13-24-14(25-30-13)9-2-4-10(19)5-3-9/h2-7H,8H2,1H3. The van der Waals surface area contributed by atoms with Crippen LogP contribution in [0, 0.1) is 0 Å². The van der Waals surface area contributed by atoms with Gasteiger partial charge in [-0.25, -0.2) is 9.78 Å². The first-order valence-corrected chi connectivity index (χ1v) is 8.79. The van der Waals surface area contributed by atoms with Crippen LogP contribution < -0.4 is 11.2 Å². The predicted octanol–water partition coefficient (Wildman–Crippen LogP) is 2.87. The molecule has 0 unspecified atom stereocenters. The number of fused-ring (bicyclic) bond motifs is 1. The second-order valence-corrected chi connectivity index (χ2v) is 6.75. The molecule has 0 saturated carbocycles. The van der Waals surface area contributed by atoms with E-state index in [1.165, 1.54) is 7.05 Å². The van der Waals surface area contributed by atoms with Crippen LogP contribution in [0.15, 0.2) is 50.5 Å². The van der Waals surface area contributed by atoms with Gasteiger partial charge in [-0.15, -0.1) is 0 Å². The zero-order valence-electron chi connectivity index (χ0n) is 15.1. The smallest absolute Gasteiger partial charge is 0.337 e. The number of hydrogen-bond acceptors (Lipinski definition) is 6. The van der Waals surface area contributed by atoms with E-state index in [0.29, 0.717) is 16.7 Å². The molecule has 0 bridgehead atoms. The third-order valence-electron chi connectivity index (χ3n) is 4.34. The maximum absolute atomic E-state index is 12.9. The van der Waals surface area contributed by atoms with Crippen molar-refractivity contribution in [3.8, 4) is 11.4 Å². The van der Waals surface area contributed by atoms with E-state index in [2.05, 4.69) is 15.1 Å². The molecule has 4 aromatic rings.